The lowest BCUT2D eigenvalue weighted by Gasteiger charge is -2.26. The summed E-state index contributed by atoms with van der Waals surface area (Å²) in [6, 6.07) is 10.2. The summed E-state index contributed by atoms with van der Waals surface area (Å²) in [4.78, 5) is 3.88. The zero-order valence-corrected chi connectivity index (χ0v) is 15.2. The van der Waals surface area contributed by atoms with Crippen molar-refractivity contribution in [1.82, 2.24) is 4.98 Å². The third-order valence-corrected chi connectivity index (χ3v) is 4.57. The molecule has 0 amide bonds. The fourth-order valence-electron chi connectivity index (χ4n) is 3.20. The molecular formula is C21H15F7N2. The lowest BCUT2D eigenvalue weighted by molar-refractivity contribution is -0.138. The van der Waals surface area contributed by atoms with Crippen LogP contribution < -0.4 is 5.73 Å². The molecule has 0 saturated heterocycles. The molecule has 2 nitrogen and oxygen atoms in total. The fourth-order valence-corrected chi connectivity index (χ4v) is 3.20. The van der Waals surface area contributed by atoms with Crippen molar-refractivity contribution >= 4 is 0 Å². The Labute approximate surface area is 167 Å². The van der Waals surface area contributed by atoms with Crippen molar-refractivity contribution in [3.05, 3.63) is 101 Å². The quantitative estimate of drug-likeness (QED) is 0.511. The van der Waals surface area contributed by atoms with Gasteiger partial charge in [-0.1, -0.05) is 30.3 Å². The Kier molecular flexibility index (Phi) is 5.85. The first-order chi connectivity index (χ1) is 14.0. The summed E-state index contributed by atoms with van der Waals surface area (Å²) in [6.45, 7) is 0. The highest BCUT2D eigenvalue weighted by atomic mass is 19.4. The summed E-state index contributed by atoms with van der Waals surface area (Å²) < 4.78 is 92.8. The highest BCUT2D eigenvalue weighted by Gasteiger charge is 2.35. The van der Waals surface area contributed by atoms with Crippen LogP contribution >= 0.6 is 0 Å². The van der Waals surface area contributed by atoms with Crippen LogP contribution in [-0.2, 0) is 12.4 Å². The van der Waals surface area contributed by atoms with Crippen molar-refractivity contribution in [2.75, 3.05) is 0 Å². The molecule has 0 fully saturated rings. The molecule has 0 saturated carbocycles. The number of hydrogen-bond donors (Lipinski definition) is 1. The minimum atomic E-state index is -4.81. The van der Waals surface area contributed by atoms with Crippen LogP contribution in [-0.4, -0.2) is 4.98 Å². The highest BCUT2D eigenvalue weighted by molar-refractivity contribution is 5.40. The normalized spacial score (nSPS) is 14.4. The molecule has 2 atom stereocenters. The van der Waals surface area contributed by atoms with E-state index in [1.165, 1.54) is 0 Å². The molecule has 2 aromatic carbocycles. The van der Waals surface area contributed by atoms with Gasteiger partial charge in [0.2, 0.25) is 0 Å². The van der Waals surface area contributed by atoms with E-state index in [4.69, 9.17) is 5.73 Å². The predicted molar refractivity (Wildman–Crippen MR) is 95.9 cm³/mol. The Bertz CT molecular complexity index is 1010. The minimum Gasteiger partial charge on any atom is -0.322 e. The molecule has 1 aromatic heterocycles. The minimum absolute atomic E-state index is 0.125. The zero-order valence-electron chi connectivity index (χ0n) is 15.2. The van der Waals surface area contributed by atoms with Crippen LogP contribution in [0.4, 0.5) is 30.7 Å². The van der Waals surface area contributed by atoms with E-state index >= 15 is 0 Å². The number of nitrogens with two attached hydrogens (primary N) is 1. The summed E-state index contributed by atoms with van der Waals surface area (Å²) in [5.41, 5.74) is 4.07. The number of rotatable bonds is 4. The van der Waals surface area contributed by atoms with Crippen LogP contribution in [0, 0.1) is 5.82 Å². The lowest BCUT2D eigenvalue weighted by atomic mass is 9.83. The third kappa shape index (κ3) is 4.79. The molecule has 0 radical (unpaired) electrons. The van der Waals surface area contributed by atoms with Crippen molar-refractivity contribution in [3.63, 3.8) is 0 Å². The number of nitrogens with zero attached hydrogens (tertiary/aromatic N) is 1. The van der Waals surface area contributed by atoms with Gasteiger partial charge in [-0.2, -0.15) is 26.3 Å². The van der Waals surface area contributed by atoms with Gasteiger partial charge in [-0.25, -0.2) is 4.39 Å². The Hall–Kier alpha value is -2.94. The van der Waals surface area contributed by atoms with Crippen LogP contribution in [0.5, 0.6) is 0 Å². The van der Waals surface area contributed by atoms with Crippen LogP contribution in [0.2, 0.25) is 0 Å². The Morgan fingerprint density at radius 1 is 0.733 bits per heavy atom. The Balaban J connectivity index is 2.15. The molecule has 1 heterocycles. The van der Waals surface area contributed by atoms with Crippen molar-refractivity contribution in [2.45, 2.75) is 24.3 Å². The number of aromatic nitrogens is 1. The number of pyridine rings is 1. The second kappa shape index (κ2) is 8.06. The van der Waals surface area contributed by atoms with Gasteiger partial charge in [0, 0.05) is 12.1 Å². The van der Waals surface area contributed by atoms with Gasteiger partial charge in [0.1, 0.15) is 5.82 Å². The van der Waals surface area contributed by atoms with Gasteiger partial charge < -0.3 is 5.73 Å². The predicted octanol–water partition coefficient (Wildman–Crippen LogP) is 6.09. The van der Waals surface area contributed by atoms with Gasteiger partial charge in [0.05, 0.1) is 22.9 Å². The standard InChI is InChI=1S/C21H15F7N2/c22-16-9-13(8-15(10-16)21(26,27)28)18(12-4-2-1-3-5-12)19(29)17-11-14(6-7-30-17)20(23,24)25/h1-11,18-19H,29H2. The molecule has 0 bridgehead atoms. The average molecular weight is 428 g/mol. The van der Waals surface area contributed by atoms with Crippen LogP contribution in [0.25, 0.3) is 0 Å². The van der Waals surface area contributed by atoms with Crippen molar-refractivity contribution in [3.8, 4) is 0 Å². The highest BCUT2D eigenvalue weighted by Crippen LogP contribution is 2.39. The summed E-state index contributed by atoms with van der Waals surface area (Å²) in [7, 11) is 0. The van der Waals surface area contributed by atoms with Gasteiger partial charge in [0.15, 0.2) is 0 Å². The first-order valence-corrected chi connectivity index (χ1v) is 8.68. The van der Waals surface area contributed by atoms with Crippen molar-refractivity contribution in [1.29, 1.82) is 0 Å². The monoisotopic (exact) mass is 428 g/mol. The second-order valence-corrected chi connectivity index (χ2v) is 6.65. The van der Waals surface area contributed by atoms with E-state index in [9.17, 15) is 30.7 Å². The van der Waals surface area contributed by atoms with Gasteiger partial charge in [-0.15, -0.1) is 0 Å². The number of hydrogen-bond acceptors (Lipinski definition) is 2. The van der Waals surface area contributed by atoms with E-state index in [0.717, 1.165) is 30.5 Å². The second-order valence-electron chi connectivity index (χ2n) is 6.65. The molecule has 0 spiro atoms. The summed E-state index contributed by atoms with van der Waals surface area (Å²) >= 11 is 0. The van der Waals surface area contributed by atoms with Gasteiger partial charge in [0.25, 0.3) is 0 Å². The van der Waals surface area contributed by atoms with Crippen molar-refractivity contribution < 1.29 is 30.7 Å². The van der Waals surface area contributed by atoms with E-state index in [1.807, 2.05) is 0 Å². The van der Waals surface area contributed by atoms with Crippen LogP contribution in [0.1, 0.15) is 39.9 Å². The Morgan fingerprint density at radius 3 is 1.97 bits per heavy atom. The molecule has 2 N–H and O–H groups in total. The first kappa shape index (κ1) is 21.8. The molecule has 0 aliphatic heterocycles. The topological polar surface area (TPSA) is 38.9 Å². The van der Waals surface area contributed by atoms with Gasteiger partial charge in [-0.05, 0) is 41.5 Å². The van der Waals surface area contributed by atoms with Gasteiger partial charge in [-0.3, -0.25) is 4.98 Å². The van der Waals surface area contributed by atoms with E-state index in [2.05, 4.69) is 4.98 Å². The number of benzene rings is 2. The maximum absolute atomic E-state index is 14.0. The summed E-state index contributed by atoms with van der Waals surface area (Å²) in [5.74, 6) is -2.20. The summed E-state index contributed by atoms with van der Waals surface area (Å²) in [5, 5.41) is 0. The molecule has 3 rings (SSSR count). The maximum atomic E-state index is 14.0. The lowest BCUT2D eigenvalue weighted by Crippen LogP contribution is -2.23. The fraction of sp³-hybridized carbons (Fsp3) is 0.190. The third-order valence-electron chi connectivity index (χ3n) is 4.57. The molecule has 2 unspecified atom stereocenters. The molecule has 0 aliphatic carbocycles. The molecule has 0 aliphatic rings. The van der Waals surface area contributed by atoms with E-state index in [1.54, 1.807) is 30.3 Å². The van der Waals surface area contributed by atoms with Crippen LogP contribution in [0.3, 0.4) is 0 Å². The first-order valence-electron chi connectivity index (χ1n) is 8.68. The van der Waals surface area contributed by atoms with Crippen molar-refractivity contribution in [2.24, 2.45) is 5.73 Å². The smallest absolute Gasteiger partial charge is 0.322 e. The zero-order chi connectivity index (χ0) is 22.1. The Morgan fingerprint density at radius 2 is 1.37 bits per heavy atom. The molecule has 158 valence electrons. The number of alkyl halides is 6. The molecule has 3 aromatic rings. The van der Waals surface area contributed by atoms with Gasteiger partial charge >= 0.3 is 12.4 Å². The molecular weight excluding hydrogens is 413 g/mol. The van der Waals surface area contributed by atoms with Crippen LogP contribution in [0.15, 0.2) is 66.9 Å². The average Bonchev–Trinajstić information content (AvgIpc) is 2.67. The molecule has 9 heteroatoms. The van der Waals surface area contributed by atoms with E-state index in [0.29, 0.717) is 11.6 Å². The largest absolute Gasteiger partial charge is 0.416 e. The number of halogens is 7. The summed E-state index contributed by atoms with van der Waals surface area (Å²) in [6.07, 6.45) is -8.54. The van der Waals surface area contributed by atoms with E-state index in [-0.39, 0.29) is 11.3 Å². The van der Waals surface area contributed by atoms with E-state index < -0.39 is 41.3 Å². The maximum Gasteiger partial charge on any atom is 0.416 e. The SMILES string of the molecule is NC(c1cc(C(F)(F)F)ccn1)C(c1ccccc1)c1cc(F)cc(C(F)(F)F)c1. The molecule has 30 heavy (non-hydrogen) atoms.